The molecule has 0 spiro atoms. The van der Waals surface area contributed by atoms with Gasteiger partial charge < -0.3 is 9.47 Å². The molecule has 102 valence electrons. The molecular formula is C12H11N5O3. The molecule has 8 nitrogen and oxygen atoms in total. The fourth-order valence-corrected chi connectivity index (χ4v) is 1.67. The lowest BCUT2D eigenvalue weighted by Gasteiger charge is -2.00. The van der Waals surface area contributed by atoms with E-state index in [-0.39, 0.29) is 19.2 Å². The van der Waals surface area contributed by atoms with Crippen LogP contribution in [-0.4, -0.2) is 33.7 Å². The summed E-state index contributed by atoms with van der Waals surface area (Å²) < 4.78 is 11.9. The van der Waals surface area contributed by atoms with E-state index in [2.05, 4.69) is 20.6 Å². The Hall–Kier alpha value is -2.90. The Labute approximate surface area is 114 Å². The van der Waals surface area contributed by atoms with Crippen LogP contribution in [-0.2, 0) is 11.3 Å². The quantitative estimate of drug-likeness (QED) is 0.633. The van der Waals surface area contributed by atoms with Crippen LogP contribution < -0.4 is 14.9 Å². The van der Waals surface area contributed by atoms with Crippen molar-refractivity contribution in [1.29, 1.82) is 0 Å². The molecule has 0 unspecified atom stereocenters. The molecule has 0 aliphatic carbocycles. The number of amides is 1. The number of rotatable bonds is 4. The summed E-state index contributed by atoms with van der Waals surface area (Å²) in [4.78, 5) is 15.3. The van der Waals surface area contributed by atoms with Gasteiger partial charge in [0.1, 0.15) is 19.2 Å². The molecule has 1 aromatic heterocycles. The highest BCUT2D eigenvalue weighted by atomic mass is 16.7. The third-order valence-electron chi connectivity index (χ3n) is 2.57. The van der Waals surface area contributed by atoms with Crippen molar-refractivity contribution >= 4 is 12.1 Å². The Morgan fingerprint density at radius 3 is 3.20 bits per heavy atom. The number of aromatic nitrogens is 3. The summed E-state index contributed by atoms with van der Waals surface area (Å²) >= 11 is 0. The van der Waals surface area contributed by atoms with E-state index in [4.69, 9.17) is 9.47 Å². The van der Waals surface area contributed by atoms with Crippen LogP contribution in [0, 0.1) is 0 Å². The molecule has 20 heavy (non-hydrogen) atoms. The first kappa shape index (κ1) is 12.2. The van der Waals surface area contributed by atoms with Crippen molar-refractivity contribution in [3.05, 3.63) is 36.4 Å². The topological polar surface area (TPSA) is 90.6 Å². The predicted octanol–water partition coefficient (Wildman–Crippen LogP) is 0.157. The van der Waals surface area contributed by atoms with Crippen LogP contribution in [0.15, 0.2) is 36.0 Å². The standard InChI is InChI=1S/C12H11N5O3/c18-12(5-17-7-13-6-15-17)16-14-4-9-1-2-10-11(3-9)20-8-19-10/h1-4,6-7H,5,8H2,(H,16,18)/b14-4+. The second kappa shape index (κ2) is 5.39. The van der Waals surface area contributed by atoms with Gasteiger partial charge in [0.15, 0.2) is 11.5 Å². The van der Waals surface area contributed by atoms with Crippen LogP contribution in [0.2, 0.25) is 0 Å². The van der Waals surface area contributed by atoms with Gasteiger partial charge in [0.2, 0.25) is 6.79 Å². The van der Waals surface area contributed by atoms with Crippen molar-refractivity contribution in [1.82, 2.24) is 20.2 Å². The molecule has 0 saturated heterocycles. The number of ether oxygens (including phenoxy) is 2. The summed E-state index contributed by atoms with van der Waals surface area (Å²) in [5, 5.41) is 7.69. The Morgan fingerprint density at radius 2 is 2.35 bits per heavy atom. The molecular weight excluding hydrogens is 262 g/mol. The van der Waals surface area contributed by atoms with Gasteiger partial charge in [0.25, 0.3) is 5.91 Å². The molecule has 0 radical (unpaired) electrons. The van der Waals surface area contributed by atoms with Gasteiger partial charge in [-0.3, -0.25) is 4.79 Å². The SMILES string of the molecule is O=C(Cn1cncn1)N/N=C/c1ccc2c(c1)OCO2. The van der Waals surface area contributed by atoms with Gasteiger partial charge in [-0.2, -0.15) is 10.2 Å². The number of nitrogens with zero attached hydrogens (tertiary/aromatic N) is 4. The summed E-state index contributed by atoms with van der Waals surface area (Å²) in [6.45, 7) is 0.295. The zero-order valence-electron chi connectivity index (χ0n) is 10.4. The zero-order chi connectivity index (χ0) is 13.8. The second-order valence-electron chi connectivity index (χ2n) is 4.00. The lowest BCUT2D eigenvalue weighted by Crippen LogP contribution is -2.23. The minimum atomic E-state index is -0.285. The van der Waals surface area contributed by atoms with Gasteiger partial charge in [-0.25, -0.2) is 15.1 Å². The van der Waals surface area contributed by atoms with Gasteiger partial charge in [-0.05, 0) is 23.8 Å². The molecule has 0 bridgehead atoms. The molecule has 1 amide bonds. The second-order valence-corrected chi connectivity index (χ2v) is 4.00. The molecule has 8 heteroatoms. The number of benzene rings is 1. The maximum atomic E-state index is 11.5. The number of hydrogen-bond donors (Lipinski definition) is 1. The molecule has 2 aromatic rings. The summed E-state index contributed by atoms with van der Waals surface area (Å²) in [5.74, 6) is 1.09. The van der Waals surface area contributed by atoms with Gasteiger partial charge >= 0.3 is 0 Å². The monoisotopic (exact) mass is 273 g/mol. The number of carbonyl (C=O) groups is 1. The van der Waals surface area contributed by atoms with Crippen LogP contribution in [0.5, 0.6) is 11.5 Å². The van der Waals surface area contributed by atoms with Crippen LogP contribution in [0.3, 0.4) is 0 Å². The van der Waals surface area contributed by atoms with E-state index in [1.807, 2.05) is 6.07 Å². The van der Waals surface area contributed by atoms with Crippen molar-refractivity contribution in [3.8, 4) is 11.5 Å². The fourth-order valence-electron chi connectivity index (χ4n) is 1.67. The number of hydrogen-bond acceptors (Lipinski definition) is 6. The van der Waals surface area contributed by atoms with Crippen molar-refractivity contribution in [2.24, 2.45) is 5.10 Å². The number of carbonyl (C=O) groups excluding carboxylic acids is 1. The highest BCUT2D eigenvalue weighted by Crippen LogP contribution is 2.31. The maximum absolute atomic E-state index is 11.5. The minimum absolute atomic E-state index is 0.0679. The number of fused-ring (bicyclic) bond motifs is 1. The highest BCUT2D eigenvalue weighted by Gasteiger charge is 2.12. The van der Waals surface area contributed by atoms with Crippen LogP contribution >= 0.6 is 0 Å². The normalized spacial score (nSPS) is 12.8. The summed E-state index contributed by atoms with van der Waals surface area (Å²) in [6, 6.07) is 5.40. The Balaban J connectivity index is 1.56. The molecule has 0 fully saturated rings. The van der Waals surface area contributed by atoms with Gasteiger partial charge in [-0.15, -0.1) is 0 Å². The third kappa shape index (κ3) is 2.74. The first-order valence-electron chi connectivity index (χ1n) is 5.85. The van der Waals surface area contributed by atoms with E-state index < -0.39 is 0 Å². The maximum Gasteiger partial charge on any atom is 0.261 e. The summed E-state index contributed by atoms with van der Waals surface area (Å²) in [7, 11) is 0. The molecule has 1 aliphatic heterocycles. The van der Waals surface area contributed by atoms with Crippen molar-refractivity contribution in [2.45, 2.75) is 6.54 Å². The van der Waals surface area contributed by atoms with Gasteiger partial charge in [-0.1, -0.05) is 0 Å². The number of nitrogens with one attached hydrogen (secondary N) is 1. The van der Waals surface area contributed by atoms with E-state index in [0.717, 1.165) is 5.56 Å². The smallest absolute Gasteiger partial charge is 0.261 e. The lowest BCUT2D eigenvalue weighted by atomic mass is 10.2. The van der Waals surface area contributed by atoms with Crippen LogP contribution in [0.1, 0.15) is 5.56 Å². The Bertz CT molecular complexity index is 639. The molecule has 2 heterocycles. The van der Waals surface area contributed by atoms with Crippen LogP contribution in [0.4, 0.5) is 0 Å². The first-order valence-corrected chi connectivity index (χ1v) is 5.85. The molecule has 0 saturated carbocycles. The van der Waals surface area contributed by atoms with Crippen LogP contribution in [0.25, 0.3) is 0 Å². The molecule has 1 aromatic carbocycles. The van der Waals surface area contributed by atoms with E-state index >= 15 is 0 Å². The molecule has 3 rings (SSSR count). The van der Waals surface area contributed by atoms with Crippen molar-refractivity contribution < 1.29 is 14.3 Å². The predicted molar refractivity (Wildman–Crippen MR) is 68.3 cm³/mol. The average molecular weight is 273 g/mol. The fraction of sp³-hybridized carbons (Fsp3) is 0.167. The van der Waals surface area contributed by atoms with E-state index in [0.29, 0.717) is 11.5 Å². The lowest BCUT2D eigenvalue weighted by molar-refractivity contribution is -0.121. The average Bonchev–Trinajstić information content (AvgIpc) is 3.09. The van der Waals surface area contributed by atoms with Crippen molar-refractivity contribution in [3.63, 3.8) is 0 Å². The summed E-state index contributed by atoms with van der Waals surface area (Å²) in [6.07, 6.45) is 4.35. The summed E-state index contributed by atoms with van der Waals surface area (Å²) in [5.41, 5.74) is 3.21. The zero-order valence-corrected chi connectivity index (χ0v) is 10.4. The van der Waals surface area contributed by atoms with E-state index in [9.17, 15) is 4.79 Å². The molecule has 1 N–H and O–H groups in total. The number of hydrazone groups is 1. The van der Waals surface area contributed by atoms with Gasteiger partial charge in [0, 0.05) is 0 Å². The minimum Gasteiger partial charge on any atom is -0.454 e. The van der Waals surface area contributed by atoms with E-state index in [1.54, 1.807) is 12.1 Å². The Kier molecular flexibility index (Phi) is 3.27. The third-order valence-corrected chi connectivity index (χ3v) is 2.57. The van der Waals surface area contributed by atoms with Crippen molar-refractivity contribution in [2.75, 3.05) is 6.79 Å². The largest absolute Gasteiger partial charge is 0.454 e. The van der Waals surface area contributed by atoms with E-state index in [1.165, 1.54) is 23.6 Å². The van der Waals surface area contributed by atoms with Gasteiger partial charge in [0.05, 0.1) is 6.21 Å². The first-order chi connectivity index (χ1) is 9.81. The Morgan fingerprint density at radius 1 is 1.45 bits per heavy atom. The molecule has 0 atom stereocenters. The molecule has 1 aliphatic rings. The highest BCUT2D eigenvalue weighted by molar-refractivity contribution is 5.83.